The molecule has 0 aliphatic carbocycles. The van der Waals surface area contributed by atoms with Gasteiger partial charge in [0.15, 0.2) is 0 Å². The van der Waals surface area contributed by atoms with Crippen molar-refractivity contribution in [1.29, 1.82) is 0 Å². The summed E-state index contributed by atoms with van der Waals surface area (Å²) in [4.78, 5) is 0. The van der Waals surface area contributed by atoms with Crippen LogP contribution in [-0.4, -0.2) is 12.2 Å². The standard InChI is InChI=1S/C11H18O2/c1-8(13-6)7-10(9(2)12)11(3,4)5/h7,12H,1-2H2,3-6H3/b10-7+. The third-order valence-electron chi connectivity index (χ3n) is 1.69. The monoisotopic (exact) mass is 182 g/mol. The van der Waals surface area contributed by atoms with E-state index in [1.54, 1.807) is 13.2 Å². The molecule has 0 fully saturated rings. The normalized spacial score (nSPS) is 12.5. The van der Waals surface area contributed by atoms with Crippen molar-refractivity contribution < 1.29 is 9.84 Å². The molecule has 0 aromatic carbocycles. The summed E-state index contributed by atoms with van der Waals surface area (Å²) in [6, 6.07) is 0. The second-order valence-electron chi connectivity index (χ2n) is 3.93. The Balaban J connectivity index is 4.93. The first kappa shape index (κ1) is 11.8. The zero-order chi connectivity index (χ0) is 10.6. The Kier molecular flexibility index (Phi) is 3.79. The second kappa shape index (κ2) is 4.17. The number of hydrogen-bond acceptors (Lipinski definition) is 2. The van der Waals surface area contributed by atoms with Crippen LogP contribution < -0.4 is 0 Å². The number of aliphatic hydroxyl groups is 1. The van der Waals surface area contributed by atoms with Crippen LogP contribution in [0.3, 0.4) is 0 Å². The lowest BCUT2D eigenvalue weighted by Gasteiger charge is -2.22. The number of hydrogen-bond donors (Lipinski definition) is 1. The predicted molar refractivity (Wildman–Crippen MR) is 55.5 cm³/mol. The summed E-state index contributed by atoms with van der Waals surface area (Å²) in [7, 11) is 1.54. The lowest BCUT2D eigenvalue weighted by molar-refractivity contribution is 0.305. The summed E-state index contributed by atoms with van der Waals surface area (Å²) in [5.74, 6) is 0.575. The fourth-order valence-electron chi connectivity index (χ4n) is 0.953. The minimum Gasteiger partial charge on any atom is -0.508 e. The average Bonchev–Trinajstić information content (AvgIpc) is 1.96. The van der Waals surface area contributed by atoms with E-state index in [-0.39, 0.29) is 11.2 Å². The van der Waals surface area contributed by atoms with E-state index in [0.29, 0.717) is 5.76 Å². The average molecular weight is 182 g/mol. The molecule has 0 radical (unpaired) electrons. The molecule has 0 aromatic rings. The van der Waals surface area contributed by atoms with Crippen LogP contribution in [0.2, 0.25) is 0 Å². The first-order valence-electron chi connectivity index (χ1n) is 4.12. The molecule has 0 unspecified atom stereocenters. The number of aliphatic hydroxyl groups excluding tert-OH is 1. The Morgan fingerprint density at radius 1 is 1.31 bits per heavy atom. The zero-order valence-electron chi connectivity index (χ0n) is 8.85. The van der Waals surface area contributed by atoms with Crippen LogP contribution in [0.5, 0.6) is 0 Å². The van der Waals surface area contributed by atoms with Crippen molar-refractivity contribution in [3.8, 4) is 0 Å². The first-order valence-corrected chi connectivity index (χ1v) is 4.12. The van der Waals surface area contributed by atoms with Crippen LogP contribution in [-0.2, 0) is 4.74 Å². The summed E-state index contributed by atoms with van der Waals surface area (Å²) in [5, 5.41) is 9.33. The van der Waals surface area contributed by atoms with E-state index < -0.39 is 0 Å². The molecule has 13 heavy (non-hydrogen) atoms. The van der Waals surface area contributed by atoms with Gasteiger partial charge < -0.3 is 9.84 Å². The summed E-state index contributed by atoms with van der Waals surface area (Å²) in [5.41, 5.74) is 0.576. The maximum atomic E-state index is 9.33. The molecule has 0 heterocycles. The highest BCUT2D eigenvalue weighted by molar-refractivity contribution is 5.32. The Hall–Kier alpha value is -1.18. The topological polar surface area (TPSA) is 29.5 Å². The fraction of sp³-hybridized carbons (Fsp3) is 0.455. The maximum absolute atomic E-state index is 9.33. The smallest absolute Gasteiger partial charge is 0.112 e. The minimum absolute atomic E-state index is 0.0608. The van der Waals surface area contributed by atoms with E-state index in [9.17, 15) is 5.11 Å². The van der Waals surface area contributed by atoms with E-state index in [1.807, 2.05) is 20.8 Å². The van der Waals surface area contributed by atoms with Crippen LogP contribution in [0.4, 0.5) is 0 Å². The van der Waals surface area contributed by atoms with Crippen LogP contribution in [0.15, 0.2) is 36.3 Å². The van der Waals surface area contributed by atoms with Gasteiger partial charge in [0.1, 0.15) is 11.5 Å². The van der Waals surface area contributed by atoms with Crippen LogP contribution in [0.1, 0.15) is 20.8 Å². The number of methoxy groups -OCH3 is 1. The lowest BCUT2D eigenvalue weighted by Crippen LogP contribution is -2.11. The van der Waals surface area contributed by atoms with E-state index in [1.165, 1.54) is 0 Å². The molecule has 0 bridgehead atoms. The number of allylic oxidation sites excluding steroid dienone is 2. The quantitative estimate of drug-likeness (QED) is 0.536. The number of ether oxygens (including phenoxy) is 1. The summed E-state index contributed by atoms with van der Waals surface area (Å²) >= 11 is 0. The Morgan fingerprint density at radius 3 is 2.00 bits per heavy atom. The van der Waals surface area contributed by atoms with Crippen LogP contribution in [0.25, 0.3) is 0 Å². The highest BCUT2D eigenvalue weighted by Gasteiger charge is 2.19. The van der Waals surface area contributed by atoms with Gasteiger partial charge in [0, 0.05) is 5.57 Å². The third-order valence-corrected chi connectivity index (χ3v) is 1.69. The number of rotatable bonds is 3. The van der Waals surface area contributed by atoms with Crippen molar-refractivity contribution in [1.82, 2.24) is 0 Å². The molecule has 0 rings (SSSR count). The molecule has 0 saturated heterocycles. The van der Waals surface area contributed by atoms with Crippen molar-refractivity contribution in [2.45, 2.75) is 20.8 Å². The molecule has 0 aliphatic rings. The van der Waals surface area contributed by atoms with Crippen molar-refractivity contribution in [2.24, 2.45) is 5.41 Å². The molecule has 0 spiro atoms. The molecule has 1 N–H and O–H groups in total. The largest absolute Gasteiger partial charge is 0.508 e. The molecule has 0 saturated carbocycles. The molecule has 74 valence electrons. The summed E-state index contributed by atoms with van der Waals surface area (Å²) in [6.07, 6.45) is 1.70. The first-order chi connectivity index (χ1) is 5.79. The van der Waals surface area contributed by atoms with Gasteiger partial charge in [-0.15, -0.1) is 0 Å². The van der Waals surface area contributed by atoms with Crippen molar-refractivity contribution in [3.63, 3.8) is 0 Å². The molecular weight excluding hydrogens is 164 g/mol. The van der Waals surface area contributed by atoms with Gasteiger partial charge in [0.25, 0.3) is 0 Å². The Bertz CT molecular complexity index is 241. The molecule has 0 amide bonds. The molecule has 0 aromatic heterocycles. The highest BCUT2D eigenvalue weighted by atomic mass is 16.5. The molecule has 0 aliphatic heterocycles. The van der Waals surface area contributed by atoms with Gasteiger partial charge in [-0.1, -0.05) is 33.9 Å². The van der Waals surface area contributed by atoms with Gasteiger partial charge in [0.05, 0.1) is 7.11 Å². The molecule has 2 nitrogen and oxygen atoms in total. The zero-order valence-corrected chi connectivity index (χ0v) is 8.85. The van der Waals surface area contributed by atoms with E-state index in [0.717, 1.165) is 5.57 Å². The van der Waals surface area contributed by atoms with Gasteiger partial charge in [-0.3, -0.25) is 0 Å². The SMILES string of the molecule is C=C(/C=C(\C(=C)O)C(C)(C)C)OC. The summed E-state index contributed by atoms with van der Waals surface area (Å²) < 4.78 is 4.90. The lowest BCUT2D eigenvalue weighted by atomic mass is 9.85. The van der Waals surface area contributed by atoms with Crippen LogP contribution >= 0.6 is 0 Å². The molecular formula is C11H18O2. The maximum Gasteiger partial charge on any atom is 0.112 e. The van der Waals surface area contributed by atoms with Crippen LogP contribution in [0, 0.1) is 5.41 Å². The predicted octanol–water partition coefficient (Wildman–Crippen LogP) is 3.19. The van der Waals surface area contributed by atoms with Gasteiger partial charge in [-0.25, -0.2) is 0 Å². The van der Waals surface area contributed by atoms with E-state index in [2.05, 4.69) is 13.2 Å². The third kappa shape index (κ3) is 3.83. The minimum atomic E-state index is -0.159. The van der Waals surface area contributed by atoms with Crippen molar-refractivity contribution in [3.05, 3.63) is 36.3 Å². The fourth-order valence-corrected chi connectivity index (χ4v) is 0.953. The van der Waals surface area contributed by atoms with E-state index >= 15 is 0 Å². The molecule has 2 heteroatoms. The van der Waals surface area contributed by atoms with Crippen molar-refractivity contribution in [2.75, 3.05) is 7.11 Å². The van der Waals surface area contributed by atoms with Gasteiger partial charge >= 0.3 is 0 Å². The van der Waals surface area contributed by atoms with E-state index in [4.69, 9.17) is 4.74 Å². The highest BCUT2D eigenvalue weighted by Crippen LogP contribution is 2.30. The van der Waals surface area contributed by atoms with Gasteiger partial charge in [-0.05, 0) is 11.5 Å². The molecule has 0 atom stereocenters. The summed E-state index contributed by atoms with van der Waals surface area (Å²) in [6.45, 7) is 13.1. The van der Waals surface area contributed by atoms with Gasteiger partial charge in [0.2, 0.25) is 0 Å². The Morgan fingerprint density at radius 2 is 1.77 bits per heavy atom. The van der Waals surface area contributed by atoms with Crippen molar-refractivity contribution >= 4 is 0 Å². The van der Waals surface area contributed by atoms with Gasteiger partial charge in [-0.2, -0.15) is 0 Å². The Labute approximate surface area is 80.2 Å². The second-order valence-corrected chi connectivity index (χ2v) is 3.93.